The molecule has 0 aromatic carbocycles. The molecule has 1 heterocycles. The molecule has 0 aromatic heterocycles. The second-order valence-corrected chi connectivity index (χ2v) is 4.60. The monoisotopic (exact) mass is 200 g/mol. The van der Waals surface area contributed by atoms with Gasteiger partial charge in [0.2, 0.25) is 5.91 Å². The normalized spacial score (nSPS) is 23.2. The van der Waals surface area contributed by atoms with Crippen LogP contribution in [0.5, 0.6) is 0 Å². The third kappa shape index (κ3) is 4.58. The van der Waals surface area contributed by atoms with Crippen molar-refractivity contribution in [3.8, 4) is 0 Å². The number of rotatable bonds is 3. The lowest BCUT2D eigenvalue weighted by Crippen LogP contribution is -2.47. The fraction of sp³-hybridized carbons (Fsp3) is 0.900. The highest BCUT2D eigenvalue weighted by atomic mass is 16.3. The molecule has 1 rings (SSSR count). The van der Waals surface area contributed by atoms with Gasteiger partial charge in [-0.3, -0.25) is 4.79 Å². The van der Waals surface area contributed by atoms with Crippen molar-refractivity contribution in [1.29, 1.82) is 0 Å². The van der Waals surface area contributed by atoms with Crippen LogP contribution in [-0.2, 0) is 4.79 Å². The Kier molecular flexibility index (Phi) is 3.89. The molecule has 1 fully saturated rings. The standard InChI is InChI=1S/C10H20N2O2/c1-10(2,14)6-9(13)12-8-4-3-5-11-7-8/h8,11,14H,3-7H2,1-2H3,(H,12,13). The molecule has 0 radical (unpaired) electrons. The fourth-order valence-corrected chi connectivity index (χ4v) is 1.65. The third-order valence-electron chi connectivity index (χ3n) is 2.26. The Morgan fingerprint density at radius 2 is 2.36 bits per heavy atom. The summed E-state index contributed by atoms with van der Waals surface area (Å²) < 4.78 is 0. The molecule has 82 valence electrons. The first-order valence-corrected chi connectivity index (χ1v) is 5.20. The predicted molar refractivity (Wildman–Crippen MR) is 54.9 cm³/mol. The summed E-state index contributed by atoms with van der Waals surface area (Å²) in [6, 6.07) is 0.235. The zero-order valence-electron chi connectivity index (χ0n) is 8.97. The number of carbonyl (C=O) groups is 1. The van der Waals surface area contributed by atoms with Gasteiger partial charge in [0.15, 0.2) is 0 Å². The van der Waals surface area contributed by atoms with Gasteiger partial charge in [-0.1, -0.05) is 0 Å². The van der Waals surface area contributed by atoms with Crippen LogP contribution in [0, 0.1) is 0 Å². The SMILES string of the molecule is CC(C)(O)CC(=O)NC1CCCNC1. The van der Waals surface area contributed by atoms with E-state index < -0.39 is 5.60 Å². The summed E-state index contributed by atoms with van der Waals surface area (Å²) >= 11 is 0. The van der Waals surface area contributed by atoms with Crippen molar-refractivity contribution in [2.45, 2.75) is 44.8 Å². The van der Waals surface area contributed by atoms with Crippen molar-refractivity contribution in [1.82, 2.24) is 10.6 Å². The molecule has 0 bridgehead atoms. The zero-order valence-corrected chi connectivity index (χ0v) is 8.97. The highest BCUT2D eigenvalue weighted by Crippen LogP contribution is 2.08. The van der Waals surface area contributed by atoms with E-state index in [4.69, 9.17) is 0 Å². The van der Waals surface area contributed by atoms with Gasteiger partial charge in [-0.25, -0.2) is 0 Å². The summed E-state index contributed by atoms with van der Waals surface area (Å²) in [6.45, 7) is 5.17. The second kappa shape index (κ2) is 4.75. The van der Waals surface area contributed by atoms with E-state index in [-0.39, 0.29) is 18.4 Å². The molecule has 1 atom stereocenters. The molecule has 0 aliphatic carbocycles. The minimum absolute atomic E-state index is 0.0637. The first kappa shape index (κ1) is 11.5. The van der Waals surface area contributed by atoms with Gasteiger partial charge in [0.05, 0.1) is 12.0 Å². The number of carbonyl (C=O) groups excluding carboxylic acids is 1. The molecule has 1 aliphatic rings. The summed E-state index contributed by atoms with van der Waals surface area (Å²) in [5.74, 6) is -0.0637. The molecule has 4 nitrogen and oxygen atoms in total. The second-order valence-electron chi connectivity index (χ2n) is 4.60. The summed E-state index contributed by atoms with van der Waals surface area (Å²) in [7, 11) is 0. The van der Waals surface area contributed by atoms with E-state index in [1.807, 2.05) is 0 Å². The first-order valence-electron chi connectivity index (χ1n) is 5.20. The molecule has 0 saturated carbocycles. The molecule has 0 spiro atoms. The number of aliphatic hydroxyl groups is 1. The molecule has 1 unspecified atom stereocenters. The summed E-state index contributed by atoms with van der Waals surface area (Å²) in [6.07, 6.45) is 2.31. The minimum atomic E-state index is -0.911. The Morgan fingerprint density at radius 1 is 1.64 bits per heavy atom. The van der Waals surface area contributed by atoms with Crippen LogP contribution in [0.15, 0.2) is 0 Å². The molecule has 1 amide bonds. The number of nitrogens with one attached hydrogen (secondary N) is 2. The number of amides is 1. The van der Waals surface area contributed by atoms with Crippen molar-refractivity contribution in [2.75, 3.05) is 13.1 Å². The molecule has 0 aromatic rings. The van der Waals surface area contributed by atoms with Gasteiger partial charge in [-0.2, -0.15) is 0 Å². The summed E-state index contributed by atoms with van der Waals surface area (Å²) in [5, 5.41) is 15.6. The van der Waals surface area contributed by atoms with Gasteiger partial charge in [-0.05, 0) is 33.2 Å². The van der Waals surface area contributed by atoms with E-state index in [2.05, 4.69) is 10.6 Å². The Morgan fingerprint density at radius 3 is 2.86 bits per heavy atom. The van der Waals surface area contributed by atoms with Crippen LogP contribution in [0.25, 0.3) is 0 Å². The smallest absolute Gasteiger partial charge is 0.223 e. The van der Waals surface area contributed by atoms with Crippen molar-refractivity contribution < 1.29 is 9.90 Å². The Hall–Kier alpha value is -0.610. The maximum Gasteiger partial charge on any atom is 0.223 e. The van der Waals surface area contributed by atoms with Gasteiger partial charge < -0.3 is 15.7 Å². The maximum atomic E-state index is 11.4. The van der Waals surface area contributed by atoms with Crippen LogP contribution < -0.4 is 10.6 Å². The Bertz CT molecular complexity index is 193. The lowest BCUT2D eigenvalue weighted by Gasteiger charge is -2.25. The highest BCUT2D eigenvalue weighted by Gasteiger charge is 2.21. The van der Waals surface area contributed by atoms with Crippen molar-refractivity contribution in [3.63, 3.8) is 0 Å². The van der Waals surface area contributed by atoms with Gasteiger partial charge in [0.25, 0.3) is 0 Å². The van der Waals surface area contributed by atoms with Gasteiger partial charge in [0, 0.05) is 12.6 Å². The van der Waals surface area contributed by atoms with Crippen LogP contribution in [-0.4, -0.2) is 35.7 Å². The lowest BCUT2D eigenvalue weighted by molar-refractivity contribution is -0.125. The largest absolute Gasteiger partial charge is 0.390 e. The van der Waals surface area contributed by atoms with Gasteiger partial charge >= 0.3 is 0 Å². The van der Waals surface area contributed by atoms with Crippen molar-refractivity contribution >= 4 is 5.91 Å². The number of hydrogen-bond donors (Lipinski definition) is 3. The summed E-state index contributed by atoms with van der Waals surface area (Å²) in [4.78, 5) is 11.4. The molecule has 4 heteroatoms. The number of hydrogen-bond acceptors (Lipinski definition) is 3. The van der Waals surface area contributed by atoms with E-state index in [0.717, 1.165) is 25.9 Å². The van der Waals surface area contributed by atoms with E-state index in [1.54, 1.807) is 13.8 Å². The van der Waals surface area contributed by atoms with E-state index >= 15 is 0 Å². The zero-order chi connectivity index (χ0) is 10.6. The van der Waals surface area contributed by atoms with E-state index in [9.17, 15) is 9.90 Å². The van der Waals surface area contributed by atoms with Crippen molar-refractivity contribution in [2.24, 2.45) is 0 Å². The van der Waals surface area contributed by atoms with Crippen LogP contribution in [0.4, 0.5) is 0 Å². The third-order valence-corrected chi connectivity index (χ3v) is 2.26. The van der Waals surface area contributed by atoms with Crippen LogP contribution in [0.2, 0.25) is 0 Å². The van der Waals surface area contributed by atoms with Crippen LogP contribution in [0.1, 0.15) is 33.1 Å². The van der Waals surface area contributed by atoms with E-state index in [1.165, 1.54) is 0 Å². The van der Waals surface area contributed by atoms with Crippen LogP contribution in [0.3, 0.4) is 0 Å². The van der Waals surface area contributed by atoms with Gasteiger partial charge in [0.1, 0.15) is 0 Å². The molecule has 14 heavy (non-hydrogen) atoms. The topological polar surface area (TPSA) is 61.4 Å². The van der Waals surface area contributed by atoms with Gasteiger partial charge in [-0.15, -0.1) is 0 Å². The molecular formula is C10H20N2O2. The van der Waals surface area contributed by atoms with E-state index in [0.29, 0.717) is 0 Å². The Labute approximate surface area is 85.1 Å². The first-order chi connectivity index (χ1) is 6.47. The molecule has 1 saturated heterocycles. The minimum Gasteiger partial charge on any atom is -0.390 e. The average molecular weight is 200 g/mol. The Balaban J connectivity index is 2.25. The quantitative estimate of drug-likeness (QED) is 0.601. The van der Waals surface area contributed by atoms with Crippen molar-refractivity contribution in [3.05, 3.63) is 0 Å². The molecular weight excluding hydrogens is 180 g/mol. The average Bonchev–Trinajstić information content (AvgIpc) is 2.02. The molecule has 1 aliphatic heterocycles. The highest BCUT2D eigenvalue weighted by molar-refractivity contribution is 5.77. The predicted octanol–water partition coefficient (Wildman–Crippen LogP) is 0.0156. The lowest BCUT2D eigenvalue weighted by atomic mass is 10.0. The summed E-state index contributed by atoms with van der Waals surface area (Å²) in [5.41, 5.74) is -0.911. The fourth-order valence-electron chi connectivity index (χ4n) is 1.65. The van der Waals surface area contributed by atoms with Crippen LogP contribution >= 0.6 is 0 Å². The maximum absolute atomic E-state index is 11.4. The molecule has 3 N–H and O–H groups in total. The number of piperidine rings is 1.